The summed E-state index contributed by atoms with van der Waals surface area (Å²) in [6.45, 7) is 0. The molecule has 0 N–H and O–H groups in total. The number of nitrogens with zero attached hydrogens (tertiary/aromatic N) is 2. The highest BCUT2D eigenvalue weighted by Crippen LogP contribution is 2.47. The Kier molecular flexibility index (Phi) is 11.3. The summed E-state index contributed by atoms with van der Waals surface area (Å²) in [6.07, 6.45) is 0. The molecule has 0 spiro atoms. The van der Waals surface area contributed by atoms with Gasteiger partial charge in [-0.3, -0.25) is 0 Å². The van der Waals surface area contributed by atoms with Gasteiger partial charge in [0.25, 0.3) is 0 Å². The predicted octanol–water partition coefficient (Wildman–Crippen LogP) is 25.5. The Bertz CT molecular complexity index is 6520. The number of benzene rings is 17. The van der Waals surface area contributed by atoms with E-state index >= 15 is 0 Å². The Balaban J connectivity index is 0.687. The fourth-order valence-electron chi connectivity index (χ4n) is 15.8. The molecule has 20 aromatic rings. The Labute approximate surface area is 539 Å². The predicted molar refractivity (Wildman–Crippen MR) is 400 cm³/mol. The average Bonchev–Trinajstić information content (AvgIpc) is 1.18. The van der Waals surface area contributed by atoms with Gasteiger partial charge in [-0.05, 0) is 217 Å². The molecule has 2 nitrogen and oxygen atoms in total. The lowest BCUT2D eigenvalue weighted by atomic mass is 9.86. The maximum Gasteiger partial charge on any atom is 0.0541 e. The van der Waals surface area contributed by atoms with Crippen LogP contribution >= 0.6 is 11.3 Å². The molecule has 0 aliphatic heterocycles. The molecule has 0 unspecified atom stereocenters. The Morgan fingerprint density at radius 2 is 0.624 bits per heavy atom. The van der Waals surface area contributed by atoms with Gasteiger partial charge in [-0.1, -0.05) is 231 Å². The number of hydrogen-bond acceptors (Lipinski definition) is 1. The minimum Gasteiger partial charge on any atom is -0.309 e. The van der Waals surface area contributed by atoms with Gasteiger partial charge in [-0.2, -0.15) is 0 Å². The van der Waals surface area contributed by atoms with Crippen molar-refractivity contribution in [1.29, 1.82) is 0 Å². The van der Waals surface area contributed by atoms with Gasteiger partial charge in [0.15, 0.2) is 0 Å². The highest BCUT2D eigenvalue weighted by atomic mass is 32.1. The standard InChI is InChI=1S/C90H54N2S/c1-2-22-67-55(17-1)35-37-64-54-80(70-24-4-6-30-77(70)89(64)67)71-44-40-58(50-78(71)62-42-46-88-82(52-62)75-28-10-14-34-87(75)93-88)59-41-45-86-81(51-59)74-27-9-13-33-85(74)92(86)65-20-15-18-56(48-65)57-39-43-68-61(47-57)36-38-63-53-79(69-23-3-5-29-76(69)90(63)68)60-19-16-21-66(49-60)91-83-31-11-7-25-72(83)73-26-8-12-32-84(73)91/h1-54H. The molecule has 3 heteroatoms. The van der Waals surface area contributed by atoms with Gasteiger partial charge in [0.2, 0.25) is 0 Å². The normalized spacial score (nSPS) is 12.1. The summed E-state index contributed by atoms with van der Waals surface area (Å²) in [7, 11) is 0. The molecule has 17 aromatic carbocycles. The van der Waals surface area contributed by atoms with Gasteiger partial charge in [0.1, 0.15) is 0 Å². The Hall–Kier alpha value is -11.9. The van der Waals surface area contributed by atoms with E-state index in [9.17, 15) is 0 Å². The summed E-state index contributed by atoms with van der Waals surface area (Å²) in [5.41, 5.74) is 19.1. The van der Waals surface area contributed by atoms with E-state index in [1.54, 1.807) is 0 Å². The topological polar surface area (TPSA) is 9.86 Å². The van der Waals surface area contributed by atoms with Gasteiger partial charge < -0.3 is 9.13 Å². The van der Waals surface area contributed by atoms with E-state index in [4.69, 9.17) is 0 Å². The van der Waals surface area contributed by atoms with E-state index in [0.717, 1.165) is 11.4 Å². The number of fused-ring (bicyclic) bond motifs is 19. The van der Waals surface area contributed by atoms with Crippen molar-refractivity contribution in [3.8, 4) is 67.0 Å². The van der Waals surface area contributed by atoms with Crippen molar-refractivity contribution in [2.24, 2.45) is 0 Å². The van der Waals surface area contributed by atoms with Gasteiger partial charge >= 0.3 is 0 Å². The van der Waals surface area contributed by atoms with Crippen molar-refractivity contribution >= 4 is 140 Å². The summed E-state index contributed by atoms with van der Waals surface area (Å²) in [5.74, 6) is 0. The van der Waals surface area contributed by atoms with Crippen LogP contribution < -0.4 is 0 Å². The fraction of sp³-hybridized carbons (Fsp3) is 0. The first-order valence-corrected chi connectivity index (χ1v) is 32.9. The molecule has 0 saturated carbocycles. The van der Waals surface area contributed by atoms with Crippen LogP contribution in [0.15, 0.2) is 328 Å². The zero-order chi connectivity index (χ0) is 60.8. The molecule has 93 heavy (non-hydrogen) atoms. The third kappa shape index (κ3) is 8.01. The van der Waals surface area contributed by atoms with Crippen LogP contribution in [-0.4, -0.2) is 9.13 Å². The summed E-state index contributed by atoms with van der Waals surface area (Å²) < 4.78 is 7.48. The first-order chi connectivity index (χ1) is 46.1. The minimum atomic E-state index is 1.13. The third-order valence-electron chi connectivity index (χ3n) is 20.0. The van der Waals surface area contributed by atoms with Gasteiger partial charge in [0, 0.05) is 53.1 Å². The van der Waals surface area contributed by atoms with Crippen molar-refractivity contribution in [3.63, 3.8) is 0 Å². The van der Waals surface area contributed by atoms with Crippen LogP contribution in [0.1, 0.15) is 0 Å². The highest BCUT2D eigenvalue weighted by molar-refractivity contribution is 7.25. The van der Waals surface area contributed by atoms with E-state index in [0.29, 0.717) is 0 Å². The zero-order valence-electron chi connectivity index (χ0n) is 50.5. The monoisotopic (exact) mass is 1190 g/mol. The Morgan fingerprint density at radius 1 is 0.183 bits per heavy atom. The van der Waals surface area contributed by atoms with Crippen molar-refractivity contribution in [2.45, 2.75) is 0 Å². The van der Waals surface area contributed by atoms with Crippen molar-refractivity contribution in [2.75, 3.05) is 0 Å². The highest BCUT2D eigenvalue weighted by Gasteiger charge is 2.21. The molecular formula is C90H54N2S. The molecule has 0 fully saturated rings. The quantitative estimate of drug-likeness (QED) is 0.141. The van der Waals surface area contributed by atoms with Crippen LogP contribution in [0.4, 0.5) is 0 Å². The maximum absolute atomic E-state index is 2.46. The third-order valence-corrected chi connectivity index (χ3v) is 21.2. The maximum atomic E-state index is 2.46. The second kappa shape index (κ2) is 20.3. The van der Waals surface area contributed by atoms with E-state index < -0.39 is 0 Å². The SMILES string of the molecule is c1cc(-c2ccc3c(ccc4cc(-c5cccc(-n6c7ccccc7c7ccccc76)c5)c5ccccc5c43)c2)cc(-n2c3ccccc3c3cc(-c4ccc(-c5cc6ccc7ccccc7c6c6ccccc56)c(-c5ccc6sc7ccccc7c6c5)c4)ccc32)c1. The molecule has 430 valence electrons. The van der Waals surface area contributed by atoms with Crippen molar-refractivity contribution < 1.29 is 0 Å². The lowest BCUT2D eigenvalue weighted by Crippen LogP contribution is -1.95. The second-order valence-corrected chi connectivity index (χ2v) is 26.1. The molecule has 0 atom stereocenters. The number of hydrogen-bond donors (Lipinski definition) is 0. The lowest BCUT2D eigenvalue weighted by molar-refractivity contribution is 1.18. The Morgan fingerprint density at radius 3 is 1.33 bits per heavy atom. The summed E-state index contributed by atoms with van der Waals surface area (Å²) in [4.78, 5) is 0. The molecule has 0 radical (unpaired) electrons. The fourth-order valence-corrected chi connectivity index (χ4v) is 16.9. The van der Waals surface area contributed by atoms with Gasteiger partial charge in [-0.25, -0.2) is 0 Å². The molecule has 20 rings (SSSR count). The molecule has 3 aromatic heterocycles. The van der Waals surface area contributed by atoms with Crippen molar-refractivity contribution in [3.05, 3.63) is 328 Å². The molecule has 0 aliphatic carbocycles. The molecular weight excluding hydrogens is 1140 g/mol. The largest absolute Gasteiger partial charge is 0.309 e. The molecule has 0 amide bonds. The summed E-state index contributed by atoms with van der Waals surface area (Å²) >= 11 is 1.87. The molecule has 3 heterocycles. The van der Waals surface area contributed by atoms with Crippen LogP contribution in [0.2, 0.25) is 0 Å². The van der Waals surface area contributed by atoms with E-state index in [1.807, 2.05) is 11.3 Å². The number of rotatable bonds is 7. The average molecular weight is 1200 g/mol. The van der Waals surface area contributed by atoms with Crippen LogP contribution in [0, 0.1) is 0 Å². The van der Waals surface area contributed by atoms with E-state index in [-0.39, 0.29) is 0 Å². The van der Waals surface area contributed by atoms with E-state index in [1.165, 1.54) is 184 Å². The summed E-state index contributed by atoms with van der Waals surface area (Å²) in [6, 6.07) is 123. The van der Waals surface area contributed by atoms with Crippen LogP contribution in [0.5, 0.6) is 0 Å². The molecule has 0 aliphatic rings. The first-order valence-electron chi connectivity index (χ1n) is 32.1. The lowest BCUT2D eigenvalue weighted by Gasteiger charge is -2.18. The van der Waals surface area contributed by atoms with Crippen LogP contribution in [0.3, 0.4) is 0 Å². The number of thiophene rings is 1. The zero-order valence-corrected chi connectivity index (χ0v) is 51.3. The molecule has 0 bridgehead atoms. The smallest absolute Gasteiger partial charge is 0.0541 e. The van der Waals surface area contributed by atoms with Crippen LogP contribution in [0.25, 0.3) is 195 Å². The van der Waals surface area contributed by atoms with E-state index in [2.05, 4.69) is 337 Å². The van der Waals surface area contributed by atoms with Crippen LogP contribution in [-0.2, 0) is 0 Å². The van der Waals surface area contributed by atoms with Gasteiger partial charge in [-0.15, -0.1) is 11.3 Å². The second-order valence-electron chi connectivity index (χ2n) is 25.0. The minimum absolute atomic E-state index is 1.13. The summed E-state index contributed by atoms with van der Waals surface area (Å²) in [5, 5.41) is 22.7. The number of aromatic nitrogens is 2. The number of para-hydroxylation sites is 3. The first kappa shape index (κ1) is 51.9. The van der Waals surface area contributed by atoms with Crippen molar-refractivity contribution in [1.82, 2.24) is 9.13 Å². The molecule has 0 saturated heterocycles. The van der Waals surface area contributed by atoms with Gasteiger partial charge in [0.05, 0.1) is 22.1 Å².